The van der Waals surface area contributed by atoms with Crippen molar-refractivity contribution in [2.24, 2.45) is 0 Å². The molecular weight excluding hydrogens is 178 g/mol. The van der Waals surface area contributed by atoms with Gasteiger partial charge in [-0.2, -0.15) is 0 Å². The molecule has 0 bridgehead atoms. The first-order valence-corrected chi connectivity index (χ1v) is 5.55. The summed E-state index contributed by atoms with van der Waals surface area (Å²) in [6.45, 7) is 2.93. The van der Waals surface area contributed by atoms with Gasteiger partial charge < -0.3 is 14.8 Å². The molecule has 1 saturated carbocycles. The van der Waals surface area contributed by atoms with E-state index in [1.807, 2.05) is 7.11 Å². The molecule has 0 aliphatic heterocycles. The van der Waals surface area contributed by atoms with Crippen LogP contribution < -0.4 is 5.32 Å². The van der Waals surface area contributed by atoms with Crippen molar-refractivity contribution < 1.29 is 9.47 Å². The van der Waals surface area contributed by atoms with E-state index in [1.165, 1.54) is 25.7 Å². The highest BCUT2D eigenvalue weighted by Crippen LogP contribution is 2.21. The monoisotopic (exact) mass is 201 g/mol. The summed E-state index contributed by atoms with van der Waals surface area (Å²) < 4.78 is 10.6. The summed E-state index contributed by atoms with van der Waals surface area (Å²) in [6, 6.07) is 0.930. The lowest BCUT2D eigenvalue weighted by atomic mass is 9.92. The van der Waals surface area contributed by atoms with Crippen molar-refractivity contribution in [3.63, 3.8) is 0 Å². The van der Waals surface area contributed by atoms with E-state index in [2.05, 4.69) is 12.2 Å². The predicted molar refractivity (Wildman–Crippen MR) is 57.5 cm³/mol. The van der Waals surface area contributed by atoms with Crippen molar-refractivity contribution in [3.8, 4) is 0 Å². The summed E-state index contributed by atoms with van der Waals surface area (Å²) in [5.41, 5.74) is 0. The summed E-state index contributed by atoms with van der Waals surface area (Å²) in [5.74, 6) is 0. The minimum atomic E-state index is 0.392. The molecule has 14 heavy (non-hydrogen) atoms. The Bertz CT molecular complexity index is 152. The second-order valence-corrected chi connectivity index (χ2v) is 4.19. The molecular formula is C11H23NO2. The summed E-state index contributed by atoms with van der Waals surface area (Å²) >= 11 is 0. The van der Waals surface area contributed by atoms with Gasteiger partial charge in [-0.1, -0.05) is 12.8 Å². The van der Waals surface area contributed by atoms with Crippen LogP contribution in [0.15, 0.2) is 0 Å². The molecule has 3 heteroatoms. The maximum atomic E-state index is 5.48. The normalized spacial score (nSPS) is 30.2. The van der Waals surface area contributed by atoms with Crippen molar-refractivity contribution in [2.45, 2.75) is 50.8 Å². The van der Waals surface area contributed by atoms with E-state index in [1.54, 1.807) is 7.11 Å². The largest absolute Gasteiger partial charge is 0.383 e. The SMILES string of the molecule is COC[C@@H](C)N[C@@H]1CCCC[C@@H]1OC. The van der Waals surface area contributed by atoms with Crippen LogP contribution in [0.5, 0.6) is 0 Å². The lowest BCUT2D eigenvalue weighted by molar-refractivity contribution is 0.0336. The number of rotatable bonds is 5. The standard InChI is InChI=1S/C11H23NO2/c1-9(8-13-2)12-10-6-4-5-7-11(10)14-3/h9-12H,4-8H2,1-3H3/t9-,10-,11+/m1/s1. The fourth-order valence-corrected chi connectivity index (χ4v) is 2.23. The minimum absolute atomic E-state index is 0.392. The summed E-state index contributed by atoms with van der Waals surface area (Å²) in [6.07, 6.45) is 5.43. The highest BCUT2D eigenvalue weighted by Gasteiger charge is 2.25. The van der Waals surface area contributed by atoms with E-state index >= 15 is 0 Å². The summed E-state index contributed by atoms with van der Waals surface area (Å²) in [7, 11) is 3.55. The number of nitrogens with one attached hydrogen (secondary N) is 1. The molecule has 3 nitrogen and oxygen atoms in total. The Hall–Kier alpha value is -0.120. The average Bonchev–Trinajstić information content (AvgIpc) is 2.19. The molecule has 0 radical (unpaired) electrons. The van der Waals surface area contributed by atoms with E-state index in [0.29, 0.717) is 18.2 Å². The molecule has 0 aromatic rings. The van der Waals surface area contributed by atoms with Gasteiger partial charge >= 0.3 is 0 Å². The van der Waals surface area contributed by atoms with Crippen LogP contribution in [0.2, 0.25) is 0 Å². The van der Waals surface area contributed by atoms with Gasteiger partial charge in [-0.3, -0.25) is 0 Å². The molecule has 0 aromatic carbocycles. The van der Waals surface area contributed by atoms with Crippen molar-refractivity contribution >= 4 is 0 Å². The van der Waals surface area contributed by atoms with E-state index in [0.717, 1.165) is 6.61 Å². The third-order valence-electron chi connectivity index (χ3n) is 2.92. The van der Waals surface area contributed by atoms with Crippen LogP contribution >= 0.6 is 0 Å². The first kappa shape index (κ1) is 12.0. The zero-order valence-corrected chi connectivity index (χ0v) is 9.58. The smallest absolute Gasteiger partial charge is 0.0724 e. The Kier molecular flexibility index (Phi) is 5.45. The topological polar surface area (TPSA) is 30.5 Å². The molecule has 1 aliphatic rings. The zero-order chi connectivity index (χ0) is 10.4. The first-order chi connectivity index (χ1) is 6.77. The molecule has 1 fully saturated rings. The minimum Gasteiger partial charge on any atom is -0.383 e. The maximum absolute atomic E-state index is 5.48. The van der Waals surface area contributed by atoms with Crippen LogP contribution in [-0.4, -0.2) is 39.0 Å². The fourth-order valence-electron chi connectivity index (χ4n) is 2.23. The molecule has 84 valence electrons. The summed E-state index contributed by atoms with van der Waals surface area (Å²) in [4.78, 5) is 0. The Morgan fingerprint density at radius 1 is 1.29 bits per heavy atom. The van der Waals surface area contributed by atoms with Crippen LogP contribution in [0.1, 0.15) is 32.6 Å². The van der Waals surface area contributed by atoms with Crippen molar-refractivity contribution in [1.29, 1.82) is 0 Å². The zero-order valence-electron chi connectivity index (χ0n) is 9.58. The van der Waals surface area contributed by atoms with Gasteiger partial charge in [0.05, 0.1) is 12.7 Å². The van der Waals surface area contributed by atoms with E-state index in [9.17, 15) is 0 Å². The van der Waals surface area contributed by atoms with Gasteiger partial charge in [0.2, 0.25) is 0 Å². The third kappa shape index (κ3) is 3.56. The number of ether oxygens (including phenoxy) is 2. The van der Waals surface area contributed by atoms with E-state index < -0.39 is 0 Å². The van der Waals surface area contributed by atoms with Crippen molar-refractivity contribution in [2.75, 3.05) is 20.8 Å². The Balaban J connectivity index is 2.32. The van der Waals surface area contributed by atoms with Crippen molar-refractivity contribution in [1.82, 2.24) is 5.32 Å². The first-order valence-electron chi connectivity index (χ1n) is 5.55. The molecule has 3 atom stereocenters. The molecule has 0 spiro atoms. The van der Waals surface area contributed by atoms with Gasteiger partial charge in [0.25, 0.3) is 0 Å². The number of methoxy groups -OCH3 is 2. The van der Waals surface area contributed by atoms with Crippen molar-refractivity contribution in [3.05, 3.63) is 0 Å². The lowest BCUT2D eigenvalue weighted by Crippen LogP contribution is -2.48. The van der Waals surface area contributed by atoms with E-state index in [4.69, 9.17) is 9.47 Å². The maximum Gasteiger partial charge on any atom is 0.0724 e. The molecule has 1 N–H and O–H groups in total. The molecule has 1 aliphatic carbocycles. The van der Waals surface area contributed by atoms with Gasteiger partial charge in [0.1, 0.15) is 0 Å². The number of hydrogen-bond donors (Lipinski definition) is 1. The summed E-state index contributed by atoms with van der Waals surface area (Å²) in [5, 5.41) is 3.57. The molecule has 0 amide bonds. The van der Waals surface area contributed by atoms with Crippen LogP contribution in [0.4, 0.5) is 0 Å². The molecule has 0 unspecified atom stereocenters. The molecule has 0 aromatic heterocycles. The van der Waals surface area contributed by atoms with Gasteiger partial charge in [0.15, 0.2) is 0 Å². The van der Waals surface area contributed by atoms with Gasteiger partial charge in [-0.15, -0.1) is 0 Å². The Morgan fingerprint density at radius 2 is 2.00 bits per heavy atom. The van der Waals surface area contributed by atoms with Crippen LogP contribution in [0, 0.1) is 0 Å². The second-order valence-electron chi connectivity index (χ2n) is 4.19. The highest BCUT2D eigenvalue weighted by atomic mass is 16.5. The number of hydrogen-bond acceptors (Lipinski definition) is 3. The predicted octanol–water partition coefficient (Wildman–Crippen LogP) is 1.57. The highest BCUT2D eigenvalue weighted by molar-refractivity contribution is 4.83. The quantitative estimate of drug-likeness (QED) is 0.732. The van der Waals surface area contributed by atoms with Gasteiger partial charge in [-0.25, -0.2) is 0 Å². The lowest BCUT2D eigenvalue weighted by Gasteiger charge is -2.33. The second kappa shape index (κ2) is 6.38. The van der Waals surface area contributed by atoms with Crippen LogP contribution in [-0.2, 0) is 9.47 Å². The van der Waals surface area contributed by atoms with Gasteiger partial charge in [0, 0.05) is 26.3 Å². The van der Waals surface area contributed by atoms with Gasteiger partial charge in [-0.05, 0) is 19.8 Å². The molecule has 1 rings (SSSR count). The average molecular weight is 201 g/mol. The van der Waals surface area contributed by atoms with Crippen LogP contribution in [0.3, 0.4) is 0 Å². The molecule has 0 heterocycles. The van der Waals surface area contributed by atoms with E-state index in [-0.39, 0.29) is 0 Å². The third-order valence-corrected chi connectivity index (χ3v) is 2.92. The Labute approximate surface area is 87.2 Å². The Morgan fingerprint density at radius 3 is 2.64 bits per heavy atom. The fraction of sp³-hybridized carbons (Fsp3) is 1.00. The van der Waals surface area contributed by atoms with Crippen LogP contribution in [0.25, 0.3) is 0 Å². The molecule has 0 saturated heterocycles.